The molecule has 21 heavy (non-hydrogen) atoms. The normalized spacial score (nSPS) is 28.4. The molecule has 0 radical (unpaired) electrons. The lowest BCUT2D eigenvalue weighted by atomic mass is 9.72. The van der Waals surface area contributed by atoms with Crippen molar-refractivity contribution in [1.82, 2.24) is 0 Å². The van der Waals surface area contributed by atoms with Crippen molar-refractivity contribution in [2.45, 2.75) is 79.2 Å². The van der Waals surface area contributed by atoms with Gasteiger partial charge in [0.25, 0.3) is 0 Å². The number of rotatable bonds is 6. The lowest BCUT2D eigenvalue weighted by molar-refractivity contribution is -0.143. The Balaban J connectivity index is 1.72. The molecule has 124 valence electrons. The topological polar surface area (TPSA) is 18.5 Å². The molecule has 0 bridgehead atoms. The van der Waals surface area contributed by atoms with E-state index in [2.05, 4.69) is 34.6 Å². The summed E-state index contributed by atoms with van der Waals surface area (Å²) in [6.45, 7) is 14.8. The molecule has 2 aliphatic rings. The maximum absolute atomic E-state index is 5.90. The zero-order valence-electron chi connectivity index (χ0n) is 14.9. The Morgan fingerprint density at radius 2 is 1.62 bits per heavy atom. The zero-order valence-corrected chi connectivity index (χ0v) is 14.9. The van der Waals surface area contributed by atoms with Gasteiger partial charge in [-0.3, -0.25) is 0 Å². The molecular weight excluding hydrogens is 260 g/mol. The Bertz CT molecular complexity index is 310. The first-order valence-corrected chi connectivity index (χ1v) is 8.95. The van der Waals surface area contributed by atoms with Gasteiger partial charge in [0, 0.05) is 19.1 Å². The summed E-state index contributed by atoms with van der Waals surface area (Å²) in [6.07, 6.45) is 8.27. The van der Waals surface area contributed by atoms with Crippen molar-refractivity contribution in [2.24, 2.45) is 22.7 Å². The van der Waals surface area contributed by atoms with Gasteiger partial charge in [-0.05, 0) is 55.3 Å². The highest BCUT2D eigenvalue weighted by atomic mass is 16.5. The Morgan fingerprint density at radius 3 is 2.14 bits per heavy atom. The van der Waals surface area contributed by atoms with E-state index in [1.807, 2.05) is 0 Å². The first-order chi connectivity index (χ1) is 9.75. The third-order valence-corrected chi connectivity index (χ3v) is 5.25. The van der Waals surface area contributed by atoms with E-state index < -0.39 is 0 Å². The predicted octanol–water partition coefficient (Wildman–Crippen LogP) is 5.06. The minimum Gasteiger partial charge on any atom is -0.381 e. The van der Waals surface area contributed by atoms with E-state index in [4.69, 9.17) is 9.47 Å². The quantitative estimate of drug-likeness (QED) is 0.682. The fourth-order valence-electron chi connectivity index (χ4n) is 3.85. The standard InChI is InChI=1S/C19H36O2/c1-18(2,3)12-16-14-21-17(16)13-19(4,5)9-6-15-7-10-20-11-8-15/h15-17H,6-14H2,1-5H3. The molecular formula is C19H36O2. The predicted molar refractivity (Wildman–Crippen MR) is 88.5 cm³/mol. The van der Waals surface area contributed by atoms with Crippen LogP contribution >= 0.6 is 0 Å². The van der Waals surface area contributed by atoms with Crippen LogP contribution in [0.2, 0.25) is 0 Å². The van der Waals surface area contributed by atoms with Crippen LogP contribution in [0, 0.1) is 22.7 Å². The van der Waals surface area contributed by atoms with Crippen molar-refractivity contribution in [1.29, 1.82) is 0 Å². The molecule has 0 aromatic rings. The highest BCUT2D eigenvalue weighted by Gasteiger charge is 2.38. The van der Waals surface area contributed by atoms with Gasteiger partial charge in [0.15, 0.2) is 0 Å². The van der Waals surface area contributed by atoms with E-state index in [1.165, 1.54) is 38.5 Å². The molecule has 0 N–H and O–H groups in total. The van der Waals surface area contributed by atoms with Crippen LogP contribution in [0.3, 0.4) is 0 Å². The summed E-state index contributed by atoms with van der Waals surface area (Å²) in [6, 6.07) is 0. The monoisotopic (exact) mass is 296 g/mol. The first kappa shape index (κ1) is 17.3. The molecule has 2 rings (SSSR count). The van der Waals surface area contributed by atoms with Crippen LogP contribution in [0.4, 0.5) is 0 Å². The Kier molecular flexibility index (Phi) is 5.76. The molecule has 2 aliphatic heterocycles. The van der Waals surface area contributed by atoms with Gasteiger partial charge in [0.2, 0.25) is 0 Å². The van der Waals surface area contributed by atoms with Gasteiger partial charge in [-0.25, -0.2) is 0 Å². The summed E-state index contributed by atoms with van der Waals surface area (Å²) in [7, 11) is 0. The van der Waals surface area contributed by atoms with Crippen LogP contribution in [-0.4, -0.2) is 25.9 Å². The summed E-state index contributed by atoms with van der Waals surface area (Å²) in [5.41, 5.74) is 0.846. The van der Waals surface area contributed by atoms with Gasteiger partial charge in [-0.2, -0.15) is 0 Å². The van der Waals surface area contributed by atoms with Gasteiger partial charge >= 0.3 is 0 Å². The average Bonchev–Trinajstić information content (AvgIpc) is 2.40. The van der Waals surface area contributed by atoms with Crippen LogP contribution < -0.4 is 0 Å². The lowest BCUT2D eigenvalue weighted by Crippen LogP contribution is -2.44. The molecule has 0 aliphatic carbocycles. The molecule has 0 spiro atoms. The minimum atomic E-state index is 0.416. The van der Waals surface area contributed by atoms with Crippen molar-refractivity contribution < 1.29 is 9.47 Å². The molecule has 2 atom stereocenters. The Labute approximate surface area is 132 Å². The summed E-state index contributed by atoms with van der Waals surface area (Å²) in [5.74, 6) is 1.68. The molecule has 2 unspecified atom stereocenters. The third kappa shape index (κ3) is 5.90. The fourth-order valence-corrected chi connectivity index (χ4v) is 3.85. The van der Waals surface area contributed by atoms with Crippen molar-refractivity contribution in [3.63, 3.8) is 0 Å². The second kappa shape index (κ2) is 7.00. The first-order valence-electron chi connectivity index (χ1n) is 8.95. The molecule has 2 heteroatoms. The maximum atomic E-state index is 5.90. The second-order valence-electron chi connectivity index (χ2n) is 9.36. The van der Waals surface area contributed by atoms with Gasteiger partial charge in [0.05, 0.1) is 12.7 Å². The average molecular weight is 296 g/mol. The highest BCUT2D eigenvalue weighted by Crippen LogP contribution is 2.41. The number of hydrogen-bond acceptors (Lipinski definition) is 2. The Hall–Kier alpha value is -0.0800. The van der Waals surface area contributed by atoms with E-state index in [0.29, 0.717) is 16.9 Å². The van der Waals surface area contributed by atoms with Crippen LogP contribution in [-0.2, 0) is 9.47 Å². The van der Waals surface area contributed by atoms with Crippen molar-refractivity contribution >= 4 is 0 Å². The molecule has 2 fully saturated rings. The number of ether oxygens (including phenoxy) is 2. The lowest BCUT2D eigenvalue weighted by Gasteiger charge is -2.44. The summed E-state index contributed by atoms with van der Waals surface area (Å²) < 4.78 is 11.4. The minimum absolute atomic E-state index is 0.416. The number of hydrogen-bond donors (Lipinski definition) is 0. The smallest absolute Gasteiger partial charge is 0.0630 e. The molecule has 0 saturated carbocycles. The fraction of sp³-hybridized carbons (Fsp3) is 1.00. The SMILES string of the molecule is CC(C)(C)CC1COC1CC(C)(C)CCC1CCOCC1. The molecule has 0 aromatic heterocycles. The molecule has 2 saturated heterocycles. The molecule has 2 nitrogen and oxygen atoms in total. The molecule has 0 amide bonds. The van der Waals surface area contributed by atoms with Gasteiger partial charge in [0.1, 0.15) is 0 Å². The van der Waals surface area contributed by atoms with Crippen molar-refractivity contribution in [2.75, 3.05) is 19.8 Å². The van der Waals surface area contributed by atoms with Crippen LogP contribution in [0.1, 0.15) is 73.1 Å². The van der Waals surface area contributed by atoms with Gasteiger partial charge in [-0.1, -0.05) is 34.6 Å². The second-order valence-corrected chi connectivity index (χ2v) is 9.36. The van der Waals surface area contributed by atoms with E-state index in [1.54, 1.807) is 0 Å². The van der Waals surface area contributed by atoms with Crippen LogP contribution in [0.15, 0.2) is 0 Å². The van der Waals surface area contributed by atoms with E-state index >= 15 is 0 Å². The molecule has 0 aromatic carbocycles. The largest absolute Gasteiger partial charge is 0.381 e. The van der Waals surface area contributed by atoms with Crippen molar-refractivity contribution in [3.8, 4) is 0 Å². The summed E-state index contributed by atoms with van der Waals surface area (Å²) in [5, 5.41) is 0. The third-order valence-electron chi connectivity index (χ3n) is 5.25. The Morgan fingerprint density at radius 1 is 0.952 bits per heavy atom. The maximum Gasteiger partial charge on any atom is 0.0630 e. The van der Waals surface area contributed by atoms with Gasteiger partial charge in [-0.15, -0.1) is 0 Å². The highest BCUT2D eigenvalue weighted by molar-refractivity contribution is 4.87. The van der Waals surface area contributed by atoms with Crippen LogP contribution in [0.25, 0.3) is 0 Å². The van der Waals surface area contributed by atoms with E-state index in [9.17, 15) is 0 Å². The van der Waals surface area contributed by atoms with Crippen molar-refractivity contribution in [3.05, 3.63) is 0 Å². The summed E-state index contributed by atoms with van der Waals surface area (Å²) in [4.78, 5) is 0. The van der Waals surface area contributed by atoms with Crippen LogP contribution in [0.5, 0.6) is 0 Å². The summed E-state index contributed by atoms with van der Waals surface area (Å²) >= 11 is 0. The van der Waals surface area contributed by atoms with E-state index in [-0.39, 0.29) is 0 Å². The van der Waals surface area contributed by atoms with Gasteiger partial charge < -0.3 is 9.47 Å². The zero-order chi connectivity index (χ0) is 15.5. The van der Waals surface area contributed by atoms with E-state index in [0.717, 1.165) is 31.7 Å². The molecule has 2 heterocycles.